The second kappa shape index (κ2) is 6.62. The topological polar surface area (TPSA) is 60.1 Å². The number of carbonyl (C=O) groups excluding carboxylic acids is 1. The molecule has 1 aromatic carbocycles. The van der Waals surface area contributed by atoms with Crippen LogP contribution in [0.5, 0.6) is 0 Å². The Morgan fingerprint density at radius 2 is 1.96 bits per heavy atom. The monoisotopic (exact) mass is 376 g/mol. The summed E-state index contributed by atoms with van der Waals surface area (Å²) in [5.41, 5.74) is 3.21. The molecule has 0 saturated carbocycles. The van der Waals surface area contributed by atoms with Crippen molar-refractivity contribution in [3.05, 3.63) is 64.3 Å². The molecule has 2 atom stereocenters. The third-order valence-corrected chi connectivity index (χ3v) is 6.23. The van der Waals surface area contributed by atoms with E-state index in [9.17, 15) is 9.59 Å². The van der Waals surface area contributed by atoms with Gasteiger partial charge in [-0.3, -0.25) is 9.59 Å². The SMILES string of the molecule is Cc1nc2ccccc2n1CCC(=O)N1C[C@H]2C[C@@H](C1)c1cccc(=O)n1C2. The molecule has 3 aromatic rings. The van der Waals surface area contributed by atoms with Gasteiger partial charge in [-0.2, -0.15) is 0 Å². The van der Waals surface area contributed by atoms with Gasteiger partial charge < -0.3 is 14.0 Å². The van der Waals surface area contributed by atoms with Crippen LogP contribution in [0.1, 0.15) is 30.3 Å². The van der Waals surface area contributed by atoms with Gasteiger partial charge in [0.05, 0.1) is 11.0 Å². The van der Waals surface area contributed by atoms with Gasteiger partial charge in [0.15, 0.2) is 0 Å². The molecular formula is C22H24N4O2. The van der Waals surface area contributed by atoms with Crippen LogP contribution < -0.4 is 5.56 Å². The van der Waals surface area contributed by atoms with E-state index in [1.54, 1.807) is 6.07 Å². The summed E-state index contributed by atoms with van der Waals surface area (Å²) in [6.45, 7) is 4.82. The molecule has 28 heavy (non-hydrogen) atoms. The molecule has 4 heterocycles. The minimum atomic E-state index is 0.0782. The third kappa shape index (κ3) is 2.84. The van der Waals surface area contributed by atoms with Gasteiger partial charge in [0, 0.05) is 50.3 Å². The highest BCUT2D eigenvalue weighted by molar-refractivity contribution is 5.78. The van der Waals surface area contributed by atoms with Crippen molar-refractivity contribution in [1.29, 1.82) is 0 Å². The summed E-state index contributed by atoms with van der Waals surface area (Å²) in [6, 6.07) is 13.6. The Bertz CT molecular complexity index is 1110. The average molecular weight is 376 g/mol. The van der Waals surface area contributed by atoms with Crippen LogP contribution in [0, 0.1) is 12.8 Å². The fourth-order valence-electron chi connectivity index (χ4n) is 4.94. The van der Waals surface area contributed by atoms with E-state index < -0.39 is 0 Å². The lowest BCUT2D eigenvalue weighted by Gasteiger charge is -2.42. The molecule has 2 aliphatic heterocycles. The number of aromatic nitrogens is 3. The average Bonchev–Trinajstić information content (AvgIpc) is 3.02. The molecule has 1 fully saturated rings. The first-order valence-electron chi connectivity index (χ1n) is 9.99. The molecule has 2 aromatic heterocycles. The van der Waals surface area contributed by atoms with Gasteiger partial charge in [-0.25, -0.2) is 4.98 Å². The molecule has 1 saturated heterocycles. The Morgan fingerprint density at radius 3 is 2.86 bits per heavy atom. The van der Waals surface area contributed by atoms with Crippen molar-refractivity contribution in [3.8, 4) is 0 Å². The number of imidazole rings is 1. The molecule has 1 amide bonds. The number of fused-ring (bicyclic) bond motifs is 5. The molecule has 6 heteroatoms. The standard InChI is InChI=1S/C22H24N4O2/c1-15-23-18-5-2-3-6-20(18)25(15)10-9-21(27)24-12-16-11-17(14-24)19-7-4-8-22(28)26(19)13-16/h2-8,16-17H,9-14H2,1H3/t16-,17+/m1/s1. The van der Waals surface area contributed by atoms with Crippen LogP contribution in [-0.2, 0) is 17.9 Å². The van der Waals surface area contributed by atoms with Crippen molar-refractivity contribution in [3.63, 3.8) is 0 Å². The maximum atomic E-state index is 13.0. The van der Waals surface area contributed by atoms with Crippen molar-refractivity contribution in [2.75, 3.05) is 13.1 Å². The molecule has 2 aliphatic rings. The fourth-order valence-corrected chi connectivity index (χ4v) is 4.94. The summed E-state index contributed by atoms with van der Waals surface area (Å²) < 4.78 is 4.04. The van der Waals surface area contributed by atoms with E-state index in [0.29, 0.717) is 25.4 Å². The van der Waals surface area contributed by atoms with Gasteiger partial charge in [-0.15, -0.1) is 0 Å². The van der Waals surface area contributed by atoms with E-state index in [0.717, 1.165) is 42.1 Å². The summed E-state index contributed by atoms with van der Waals surface area (Å²) in [4.78, 5) is 31.7. The number of pyridine rings is 1. The van der Waals surface area contributed by atoms with Gasteiger partial charge in [0.1, 0.15) is 5.82 Å². The van der Waals surface area contributed by atoms with Crippen molar-refractivity contribution in [2.24, 2.45) is 5.92 Å². The molecule has 0 aliphatic carbocycles. The lowest BCUT2D eigenvalue weighted by Crippen LogP contribution is -2.49. The smallest absolute Gasteiger partial charge is 0.250 e. The number of amides is 1. The predicted molar refractivity (Wildman–Crippen MR) is 107 cm³/mol. The number of para-hydroxylation sites is 2. The number of rotatable bonds is 3. The van der Waals surface area contributed by atoms with Gasteiger partial charge >= 0.3 is 0 Å². The first-order valence-corrected chi connectivity index (χ1v) is 9.99. The number of benzene rings is 1. The molecular weight excluding hydrogens is 352 g/mol. The van der Waals surface area contributed by atoms with E-state index in [2.05, 4.69) is 15.6 Å². The van der Waals surface area contributed by atoms with Crippen molar-refractivity contribution in [1.82, 2.24) is 19.0 Å². The minimum absolute atomic E-state index is 0.0782. The highest BCUT2D eigenvalue weighted by atomic mass is 16.2. The first kappa shape index (κ1) is 17.2. The lowest BCUT2D eigenvalue weighted by molar-refractivity contribution is -0.134. The van der Waals surface area contributed by atoms with E-state index >= 15 is 0 Å². The Labute approximate surface area is 163 Å². The van der Waals surface area contributed by atoms with E-state index in [4.69, 9.17) is 0 Å². The second-order valence-corrected chi connectivity index (χ2v) is 8.05. The number of piperidine rings is 1. The fraction of sp³-hybridized carbons (Fsp3) is 0.409. The van der Waals surface area contributed by atoms with E-state index in [-0.39, 0.29) is 17.4 Å². The summed E-state index contributed by atoms with van der Waals surface area (Å²) in [5, 5.41) is 0. The predicted octanol–water partition coefficient (Wildman–Crippen LogP) is 2.54. The first-order chi connectivity index (χ1) is 13.6. The highest BCUT2D eigenvalue weighted by Crippen LogP contribution is 2.35. The number of nitrogens with zero attached hydrogens (tertiary/aromatic N) is 4. The summed E-state index contributed by atoms with van der Waals surface area (Å²) in [6.07, 6.45) is 1.54. The lowest BCUT2D eigenvalue weighted by atomic mass is 9.83. The Balaban J connectivity index is 1.32. The number of carbonyl (C=O) groups is 1. The summed E-state index contributed by atoms with van der Waals surface area (Å²) in [7, 11) is 0. The molecule has 0 spiro atoms. The van der Waals surface area contributed by atoms with Crippen molar-refractivity contribution < 1.29 is 4.79 Å². The molecule has 0 radical (unpaired) electrons. The van der Waals surface area contributed by atoms with Crippen LogP contribution >= 0.6 is 0 Å². The number of hydrogen-bond acceptors (Lipinski definition) is 3. The summed E-state index contributed by atoms with van der Waals surface area (Å²) >= 11 is 0. The van der Waals surface area contributed by atoms with Crippen LogP contribution in [0.4, 0.5) is 0 Å². The van der Waals surface area contributed by atoms with Crippen LogP contribution in [0.15, 0.2) is 47.3 Å². The number of aryl methyl sites for hydroxylation is 2. The maximum Gasteiger partial charge on any atom is 0.250 e. The van der Waals surface area contributed by atoms with E-state index in [1.165, 1.54) is 0 Å². The summed E-state index contributed by atoms with van der Waals surface area (Å²) in [5.74, 6) is 1.77. The third-order valence-electron chi connectivity index (χ3n) is 6.23. The Kier molecular flexibility index (Phi) is 4.07. The van der Waals surface area contributed by atoms with Gasteiger partial charge in [0.25, 0.3) is 5.56 Å². The zero-order valence-electron chi connectivity index (χ0n) is 16.0. The zero-order valence-corrected chi connectivity index (χ0v) is 16.0. The molecule has 144 valence electrons. The highest BCUT2D eigenvalue weighted by Gasteiger charge is 2.36. The maximum absolute atomic E-state index is 13.0. The van der Waals surface area contributed by atoms with Gasteiger partial charge in [-0.05, 0) is 37.5 Å². The van der Waals surface area contributed by atoms with Crippen LogP contribution in [0.2, 0.25) is 0 Å². The van der Waals surface area contributed by atoms with Crippen molar-refractivity contribution in [2.45, 2.75) is 38.8 Å². The molecule has 2 bridgehead atoms. The molecule has 6 nitrogen and oxygen atoms in total. The zero-order chi connectivity index (χ0) is 19.3. The second-order valence-electron chi connectivity index (χ2n) is 8.05. The van der Waals surface area contributed by atoms with Gasteiger partial charge in [0.2, 0.25) is 5.91 Å². The molecule has 0 N–H and O–H groups in total. The Morgan fingerprint density at radius 1 is 1.11 bits per heavy atom. The van der Waals surface area contributed by atoms with E-state index in [1.807, 2.05) is 46.7 Å². The largest absolute Gasteiger partial charge is 0.342 e. The molecule has 5 rings (SSSR count). The van der Waals surface area contributed by atoms with Crippen molar-refractivity contribution >= 4 is 16.9 Å². The van der Waals surface area contributed by atoms with Crippen LogP contribution in [0.3, 0.4) is 0 Å². The quantitative estimate of drug-likeness (QED) is 0.706. The van der Waals surface area contributed by atoms with Crippen LogP contribution in [-0.4, -0.2) is 38.0 Å². The number of likely N-dealkylation sites (tertiary alicyclic amines) is 1. The Hall–Kier alpha value is -2.89. The molecule has 0 unspecified atom stereocenters. The normalized spacial score (nSPS) is 21.0. The van der Waals surface area contributed by atoms with Gasteiger partial charge in [-0.1, -0.05) is 18.2 Å². The van der Waals surface area contributed by atoms with Crippen LogP contribution in [0.25, 0.3) is 11.0 Å². The minimum Gasteiger partial charge on any atom is -0.342 e. The number of hydrogen-bond donors (Lipinski definition) is 0.